The van der Waals surface area contributed by atoms with Gasteiger partial charge in [0.15, 0.2) is 5.17 Å². The third-order valence-electron chi connectivity index (χ3n) is 4.73. The number of hydrogen-bond acceptors (Lipinski definition) is 4. The molecule has 0 radical (unpaired) electrons. The average molecular weight is 381 g/mol. The van der Waals surface area contributed by atoms with Crippen LogP contribution in [-0.2, 0) is 4.79 Å². The molecule has 0 unspecified atom stereocenters. The first-order valence-electron chi connectivity index (χ1n) is 8.94. The number of aryl methyl sites for hydroxylation is 1. The second kappa shape index (κ2) is 7.56. The zero-order valence-corrected chi connectivity index (χ0v) is 15.9. The quantitative estimate of drug-likeness (QED) is 0.739. The van der Waals surface area contributed by atoms with E-state index in [4.69, 9.17) is 0 Å². The van der Waals surface area contributed by atoms with Crippen LogP contribution in [0.5, 0.6) is 0 Å². The summed E-state index contributed by atoms with van der Waals surface area (Å²) in [6, 6.07) is 14.9. The molecule has 1 amide bonds. The number of rotatable bonds is 2. The highest BCUT2D eigenvalue weighted by molar-refractivity contribution is 8.18. The molecule has 2 aromatic rings. The molecule has 0 atom stereocenters. The highest BCUT2D eigenvalue weighted by Gasteiger charge is 2.28. The second-order valence-corrected chi connectivity index (χ2v) is 7.66. The van der Waals surface area contributed by atoms with E-state index in [9.17, 15) is 9.18 Å². The standard InChI is InChI=1S/C21H20FN3OS/c1-15-6-8-16(9-7-15)14-19-20(26)23-21(27-19)25-12-10-24(11-13-25)18-5-3-2-4-17(18)22/h2-9,14H,10-13H2,1H3/b19-14+. The minimum absolute atomic E-state index is 0.188. The third kappa shape index (κ3) is 3.90. The predicted octanol–water partition coefficient (Wildman–Crippen LogP) is 3.93. The van der Waals surface area contributed by atoms with Gasteiger partial charge in [0, 0.05) is 26.2 Å². The van der Waals surface area contributed by atoms with E-state index >= 15 is 0 Å². The van der Waals surface area contributed by atoms with Crippen molar-refractivity contribution in [3.63, 3.8) is 0 Å². The number of hydrogen-bond donors (Lipinski definition) is 0. The minimum atomic E-state index is -0.197. The van der Waals surface area contributed by atoms with Crippen LogP contribution in [0.4, 0.5) is 10.1 Å². The Morgan fingerprint density at radius 2 is 1.67 bits per heavy atom. The lowest BCUT2D eigenvalue weighted by molar-refractivity contribution is -0.113. The van der Waals surface area contributed by atoms with Crippen LogP contribution in [0.1, 0.15) is 11.1 Å². The third-order valence-corrected chi connectivity index (χ3v) is 5.77. The fourth-order valence-corrected chi connectivity index (χ4v) is 4.16. The molecule has 2 aliphatic rings. The van der Waals surface area contributed by atoms with Crippen LogP contribution in [0.15, 0.2) is 58.4 Å². The summed E-state index contributed by atoms with van der Waals surface area (Å²) in [6.07, 6.45) is 1.89. The number of aliphatic imine (C=N–C) groups is 1. The molecule has 0 aliphatic carbocycles. The van der Waals surface area contributed by atoms with Crippen LogP contribution >= 0.6 is 11.8 Å². The lowest BCUT2D eigenvalue weighted by Gasteiger charge is -2.36. The van der Waals surface area contributed by atoms with E-state index < -0.39 is 0 Å². The number of carbonyl (C=O) groups is 1. The number of amidine groups is 1. The van der Waals surface area contributed by atoms with Crippen molar-refractivity contribution in [2.75, 3.05) is 31.1 Å². The zero-order chi connectivity index (χ0) is 18.8. The number of benzene rings is 2. The van der Waals surface area contributed by atoms with E-state index in [1.807, 2.05) is 48.2 Å². The Balaban J connectivity index is 1.41. The Morgan fingerprint density at radius 3 is 2.37 bits per heavy atom. The number of piperazine rings is 1. The van der Waals surface area contributed by atoms with Gasteiger partial charge < -0.3 is 9.80 Å². The number of anilines is 1. The Labute approximate surface area is 162 Å². The average Bonchev–Trinajstić information content (AvgIpc) is 3.05. The molecule has 0 saturated carbocycles. The van der Waals surface area contributed by atoms with Crippen molar-refractivity contribution in [2.45, 2.75) is 6.92 Å². The first kappa shape index (κ1) is 17.8. The van der Waals surface area contributed by atoms with Gasteiger partial charge in [0.2, 0.25) is 0 Å². The fourth-order valence-electron chi connectivity index (χ4n) is 3.19. The fraction of sp³-hybridized carbons (Fsp3) is 0.238. The summed E-state index contributed by atoms with van der Waals surface area (Å²) in [5, 5.41) is 0.742. The number of para-hydroxylation sites is 1. The normalized spacial score (nSPS) is 19.0. The topological polar surface area (TPSA) is 35.9 Å². The second-order valence-electron chi connectivity index (χ2n) is 6.65. The van der Waals surface area contributed by atoms with E-state index in [2.05, 4.69) is 9.89 Å². The van der Waals surface area contributed by atoms with Crippen molar-refractivity contribution in [2.24, 2.45) is 4.99 Å². The van der Waals surface area contributed by atoms with Gasteiger partial charge in [0.05, 0.1) is 10.6 Å². The van der Waals surface area contributed by atoms with Crippen molar-refractivity contribution >= 4 is 34.6 Å². The van der Waals surface area contributed by atoms with E-state index in [0.717, 1.165) is 10.7 Å². The molecular weight excluding hydrogens is 361 g/mol. The number of nitrogens with zero attached hydrogens (tertiary/aromatic N) is 3. The molecule has 138 valence electrons. The van der Waals surface area contributed by atoms with Crippen LogP contribution in [0.3, 0.4) is 0 Å². The summed E-state index contributed by atoms with van der Waals surface area (Å²) in [7, 11) is 0. The Kier molecular flexibility index (Phi) is 4.99. The van der Waals surface area contributed by atoms with Crippen molar-refractivity contribution < 1.29 is 9.18 Å². The summed E-state index contributed by atoms with van der Waals surface area (Å²) >= 11 is 1.42. The maximum atomic E-state index is 14.0. The smallest absolute Gasteiger partial charge is 0.286 e. The Morgan fingerprint density at radius 1 is 1.00 bits per heavy atom. The maximum Gasteiger partial charge on any atom is 0.286 e. The molecule has 6 heteroatoms. The van der Waals surface area contributed by atoms with Crippen LogP contribution in [0.2, 0.25) is 0 Å². The molecule has 4 nitrogen and oxygen atoms in total. The van der Waals surface area contributed by atoms with Crippen LogP contribution in [0, 0.1) is 12.7 Å². The zero-order valence-electron chi connectivity index (χ0n) is 15.1. The van der Waals surface area contributed by atoms with Gasteiger partial charge in [-0.25, -0.2) is 4.39 Å². The molecule has 0 bridgehead atoms. The van der Waals surface area contributed by atoms with Gasteiger partial charge in [-0.05, 0) is 42.5 Å². The minimum Gasteiger partial charge on any atom is -0.366 e. The van der Waals surface area contributed by atoms with Gasteiger partial charge in [0.25, 0.3) is 5.91 Å². The van der Waals surface area contributed by atoms with Crippen molar-refractivity contribution in [3.8, 4) is 0 Å². The molecule has 2 aliphatic heterocycles. The molecule has 2 heterocycles. The van der Waals surface area contributed by atoms with Gasteiger partial charge >= 0.3 is 0 Å². The van der Waals surface area contributed by atoms with E-state index in [-0.39, 0.29) is 11.7 Å². The number of thioether (sulfide) groups is 1. The van der Waals surface area contributed by atoms with Gasteiger partial charge in [-0.15, -0.1) is 0 Å². The first-order chi connectivity index (χ1) is 13.1. The summed E-state index contributed by atoms with van der Waals surface area (Å²) in [5.74, 6) is -0.385. The van der Waals surface area contributed by atoms with Gasteiger partial charge in [0.1, 0.15) is 5.82 Å². The maximum absolute atomic E-state index is 14.0. The molecule has 4 rings (SSSR count). The number of halogens is 1. The highest BCUT2D eigenvalue weighted by Crippen LogP contribution is 2.31. The lowest BCUT2D eigenvalue weighted by Crippen LogP contribution is -2.48. The SMILES string of the molecule is Cc1ccc(/C=C2/SC(N3CCN(c4ccccc4F)CC3)=NC2=O)cc1. The molecule has 0 N–H and O–H groups in total. The monoisotopic (exact) mass is 381 g/mol. The molecule has 1 saturated heterocycles. The molecule has 0 spiro atoms. The molecule has 2 aromatic carbocycles. The van der Waals surface area contributed by atoms with Gasteiger partial charge in [-0.2, -0.15) is 4.99 Å². The van der Waals surface area contributed by atoms with Crippen LogP contribution in [0.25, 0.3) is 6.08 Å². The van der Waals surface area contributed by atoms with Gasteiger partial charge in [-0.3, -0.25) is 4.79 Å². The molecule has 1 fully saturated rings. The van der Waals surface area contributed by atoms with E-state index in [0.29, 0.717) is 36.8 Å². The highest BCUT2D eigenvalue weighted by atomic mass is 32.2. The molecule has 27 heavy (non-hydrogen) atoms. The summed E-state index contributed by atoms with van der Waals surface area (Å²) < 4.78 is 14.0. The van der Waals surface area contributed by atoms with Crippen LogP contribution < -0.4 is 4.90 Å². The summed E-state index contributed by atoms with van der Waals surface area (Å²) in [6.45, 7) is 4.86. The largest absolute Gasteiger partial charge is 0.366 e. The lowest BCUT2D eigenvalue weighted by atomic mass is 10.1. The Bertz CT molecular complexity index is 915. The van der Waals surface area contributed by atoms with Crippen molar-refractivity contribution in [1.82, 2.24) is 4.90 Å². The molecule has 0 aromatic heterocycles. The summed E-state index contributed by atoms with van der Waals surface area (Å²) in [4.78, 5) is 21.3. The molecular formula is C21H20FN3OS. The van der Waals surface area contributed by atoms with Crippen LogP contribution in [-0.4, -0.2) is 42.2 Å². The van der Waals surface area contributed by atoms with Crippen molar-refractivity contribution in [3.05, 3.63) is 70.4 Å². The predicted molar refractivity (Wildman–Crippen MR) is 109 cm³/mol. The summed E-state index contributed by atoms with van der Waals surface area (Å²) in [5.41, 5.74) is 2.82. The number of amides is 1. The Hall–Kier alpha value is -2.60. The van der Waals surface area contributed by atoms with Crippen molar-refractivity contribution in [1.29, 1.82) is 0 Å². The first-order valence-corrected chi connectivity index (χ1v) is 9.75. The van der Waals surface area contributed by atoms with Gasteiger partial charge in [-0.1, -0.05) is 42.0 Å². The number of carbonyl (C=O) groups excluding carboxylic acids is 1. The van der Waals surface area contributed by atoms with E-state index in [1.54, 1.807) is 12.1 Å². The van der Waals surface area contributed by atoms with E-state index in [1.165, 1.54) is 23.4 Å².